The van der Waals surface area contributed by atoms with E-state index in [4.69, 9.17) is 0 Å². The second-order valence-electron chi connectivity index (χ2n) is 6.92. The van der Waals surface area contributed by atoms with E-state index < -0.39 is 0 Å². The van der Waals surface area contributed by atoms with Gasteiger partial charge < -0.3 is 10.2 Å². The second-order valence-corrected chi connectivity index (χ2v) is 6.92. The lowest BCUT2D eigenvalue weighted by Crippen LogP contribution is -2.39. The van der Waals surface area contributed by atoms with Gasteiger partial charge in [-0.05, 0) is 56.5 Å². The molecule has 2 N–H and O–H groups in total. The summed E-state index contributed by atoms with van der Waals surface area (Å²) in [5.74, 6) is 0.572. The van der Waals surface area contributed by atoms with E-state index in [1.807, 2.05) is 18.3 Å². The second kappa shape index (κ2) is 8.70. The molecule has 1 fully saturated rings. The van der Waals surface area contributed by atoms with E-state index in [0.29, 0.717) is 11.9 Å². The van der Waals surface area contributed by atoms with Gasteiger partial charge in [0, 0.05) is 18.3 Å². The number of nitrogens with zero attached hydrogens (tertiary/aromatic N) is 2. The molecule has 0 atom stereocenters. The molecule has 0 radical (unpaired) electrons. The molecule has 1 saturated carbocycles. The maximum absolute atomic E-state index is 12.1. The molecule has 26 heavy (non-hydrogen) atoms. The molecular weight excluding hydrogens is 324 g/mol. The van der Waals surface area contributed by atoms with Gasteiger partial charge in [0.2, 0.25) is 0 Å². The number of pyridine rings is 1. The zero-order chi connectivity index (χ0) is 18.4. The van der Waals surface area contributed by atoms with E-state index in [9.17, 15) is 4.79 Å². The van der Waals surface area contributed by atoms with Crippen LogP contribution in [0.5, 0.6) is 0 Å². The number of nitrogens with one attached hydrogen (secondary N) is 2. The first-order valence-electron chi connectivity index (χ1n) is 9.53. The Morgan fingerprint density at radius 3 is 2.62 bits per heavy atom. The van der Waals surface area contributed by atoms with Gasteiger partial charge in [-0.25, -0.2) is 9.78 Å². The Morgan fingerprint density at radius 2 is 1.96 bits per heavy atom. The minimum Gasteiger partial charge on any atom is -0.341 e. The monoisotopic (exact) mass is 352 g/mol. The highest BCUT2D eigenvalue weighted by atomic mass is 16.2. The number of hydrogen-bond acceptors (Lipinski definition) is 3. The van der Waals surface area contributed by atoms with E-state index in [0.717, 1.165) is 30.8 Å². The van der Waals surface area contributed by atoms with Crippen molar-refractivity contribution in [3.05, 3.63) is 48.2 Å². The predicted molar refractivity (Wildman–Crippen MR) is 107 cm³/mol. The molecule has 1 aliphatic carbocycles. The molecule has 5 heteroatoms. The highest BCUT2D eigenvalue weighted by Gasteiger charge is 2.16. The lowest BCUT2D eigenvalue weighted by molar-refractivity contribution is 0.244. The van der Waals surface area contributed by atoms with Crippen molar-refractivity contribution in [2.24, 2.45) is 0 Å². The predicted octanol–water partition coefficient (Wildman–Crippen LogP) is 5.00. The van der Waals surface area contributed by atoms with Crippen molar-refractivity contribution in [3.8, 4) is 0 Å². The Bertz CT molecular complexity index is 723. The molecule has 0 aliphatic heterocycles. The van der Waals surface area contributed by atoms with Gasteiger partial charge in [0.1, 0.15) is 5.82 Å². The minimum absolute atomic E-state index is 0.164. The van der Waals surface area contributed by atoms with Crippen LogP contribution in [-0.4, -0.2) is 23.6 Å². The van der Waals surface area contributed by atoms with Gasteiger partial charge >= 0.3 is 6.03 Å². The Balaban J connectivity index is 1.62. The number of urea groups is 1. The summed E-state index contributed by atoms with van der Waals surface area (Å²) in [7, 11) is 0. The molecule has 0 saturated heterocycles. The molecule has 1 aromatic heterocycles. The number of rotatable bonds is 5. The Morgan fingerprint density at radius 1 is 1.15 bits per heavy atom. The van der Waals surface area contributed by atoms with E-state index in [1.165, 1.54) is 24.8 Å². The third kappa shape index (κ3) is 4.75. The molecule has 3 rings (SSSR count). The summed E-state index contributed by atoms with van der Waals surface area (Å²) < 4.78 is 0. The van der Waals surface area contributed by atoms with Crippen LogP contribution in [0.2, 0.25) is 0 Å². The molecule has 1 heterocycles. The zero-order valence-electron chi connectivity index (χ0n) is 15.7. The normalized spacial score (nSPS) is 14.7. The smallest absolute Gasteiger partial charge is 0.320 e. The molecule has 1 aliphatic rings. The number of aryl methyl sites for hydroxylation is 1. The third-order valence-electron chi connectivity index (χ3n) is 4.87. The van der Waals surface area contributed by atoms with Crippen LogP contribution in [-0.2, 0) is 0 Å². The average Bonchev–Trinajstić information content (AvgIpc) is 2.64. The first-order chi connectivity index (χ1) is 12.7. The minimum atomic E-state index is -0.164. The first kappa shape index (κ1) is 18.2. The Labute approximate surface area is 155 Å². The summed E-state index contributed by atoms with van der Waals surface area (Å²) in [6.07, 6.45) is 7.62. The van der Waals surface area contributed by atoms with Crippen LogP contribution < -0.4 is 15.5 Å². The topological polar surface area (TPSA) is 57.3 Å². The maximum atomic E-state index is 12.1. The summed E-state index contributed by atoms with van der Waals surface area (Å²) in [6.45, 7) is 5.06. The fourth-order valence-corrected chi connectivity index (χ4v) is 3.51. The number of aromatic nitrogens is 1. The van der Waals surface area contributed by atoms with Gasteiger partial charge in [-0.3, -0.25) is 5.32 Å². The number of carbonyl (C=O) groups is 1. The number of hydrogen-bond donors (Lipinski definition) is 2. The molecule has 5 nitrogen and oxygen atoms in total. The maximum Gasteiger partial charge on any atom is 0.320 e. The van der Waals surface area contributed by atoms with Gasteiger partial charge in [-0.2, -0.15) is 0 Å². The molecule has 0 bridgehead atoms. The van der Waals surface area contributed by atoms with Gasteiger partial charge in [0.15, 0.2) is 0 Å². The van der Waals surface area contributed by atoms with Crippen molar-refractivity contribution < 1.29 is 4.79 Å². The summed E-state index contributed by atoms with van der Waals surface area (Å²) in [6, 6.07) is 12.4. The highest BCUT2D eigenvalue weighted by Crippen LogP contribution is 2.26. The van der Waals surface area contributed by atoms with Gasteiger partial charge in [-0.1, -0.05) is 31.4 Å². The van der Waals surface area contributed by atoms with Crippen LogP contribution in [0.3, 0.4) is 0 Å². The fourth-order valence-electron chi connectivity index (χ4n) is 3.51. The van der Waals surface area contributed by atoms with Crippen LogP contribution in [0.4, 0.5) is 22.0 Å². The first-order valence-corrected chi connectivity index (χ1v) is 9.53. The molecule has 2 aromatic rings. The fraction of sp³-hybridized carbons (Fsp3) is 0.429. The molecule has 2 amide bonds. The van der Waals surface area contributed by atoms with Crippen molar-refractivity contribution in [2.75, 3.05) is 16.8 Å². The summed E-state index contributed by atoms with van der Waals surface area (Å²) in [5, 5.41) is 5.89. The van der Waals surface area contributed by atoms with Gasteiger partial charge in [-0.15, -0.1) is 0 Å². The van der Waals surface area contributed by atoms with Crippen molar-refractivity contribution in [2.45, 2.75) is 52.0 Å². The van der Waals surface area contributed by atoms with E-state index in [-0.39, 0.29) is 6.03 Å². The van der Waals surface area contributed by atoms with Crippen molar-refractivity contribution in [3.63, 3.8) is 0 Å². The van der Waals surface area contributed by atoms with E-state index in [2.05, 4.69) is 58.6 Å². The molecule has 138 valence electrons. The number of amides is 2. The Kier molecular flexibility index (Phi) is 6.10. The SMILES string of the molecule is CCN(c1ccc(NC(=O)NC2CCCCC2)nc1)c1cccc(C)c1. The Hall–Kier alpha value is -2.56. The summed E-state index contributed by atoms with van der Waals surface area (Å²) in [4.78, 5) is 18.8. The summed E-state index contributed by atoms with van der Waals surface area (Å²) >= 11 is 0. The zero-order valence-corrected chi connectivity index (χ0v) is 15.7. The molecular formula is C21H28N4O. The molecule has 1 aromatic carbocycles. The van der Waals surface area contributed by atoms with Crippen LogP contribution in [0.25, 0.3) is 0 Å². The third-order valence-corrected chi connectivity index (χ3v) is 4.87. The standard InChI is InChI=1S/C21H28N4O/c1-3-25(18-11-7-8-16(2)14-18)19-12-13-20(22-15-19)24-21(26)23-17-9-5-4-6-10-17/h7-8,11-15,17H,3-6,9-10H2,1-2H3,(H2,22,23,24,26). The van der Waals surface area contributed by atoms with Crippen molar-refractivity contribution >= 4 is 23.2 Å². The molecule has 0 spiro atoms. The number of anilines is 3. The summed E-state index contributed by atoms with van der Waals surface area (Å²) in [5.41, 5.74) is 3.38. The number of carbonyl (C=O) groups excluding carboxylic acids is 1. The van der Waals surface area contributed by atoms with Crippen LogP contribution >= 0.6 is 0 Å². The average molecular weight is 352 g/mol. The number of benzene rings is 1. The van der Waals surface area contributed by atoms with E-state index >= 15 is 0 Å². The van der Waals surface area contributed by atoms with Crippen molar-refractivity contribution in [1.82, 2.24) is 10.3 Å². The van der Waals surface area contributed by atoms with E-state index in [1.54, 1.807) is 0 Å². The lowest BCUT2D eigenvalue weighted by atomic mass is 9.96. The highest BCUT2D eigenvalue weighted by molar-refractivity contribution is 5.88. The quantitative estimate of drug-likeness (QED) is 0.796. The van der Waals surface area contributed by atoms with Crippen LogP contribution in [0.15, 0.2) is 42.6 Å². The van der Waals surface area contributed by atoms with Crippen LogP contribution in [0.1, 0.15) is 44.6 Å². The largest absolute Gasteiger partial charge is 0.341 e. The van der Waals surface area contributed by atoms with Gasteiger partial charge in [0.25, 0.3) is 0 Å². The molecule has 0 unspecified atom stereocenters. The lowest BCUT2D eigenvalue weighted by Gasteiger charge is -2.24. The van der Waals surface area contributed by atoms with Crippen molar-refractivity contribution in [1.29, 1.82) is 0 Å². The van der Waals surface area contributed by atoms with Gasteiger partial charge in [0.05, 0.1) is 11.9 Å². The van der Waals surface area contributed by atoms with Crippen LogP contribution in [0, 0.1) is 6.92 Å².